The third-order valence-corrected chi connectivity index (χ3v) is 5.28. The lowest BCUT2D eigenvalue weighted by atomic mass is 9.79. The molecule has 108 valence electrons. The van der Waals surface area contributed by atoms with E-state index in [4.69, 9.17) is 12.2 Å². The third-order valence-electron chi connectivity index (χ3n) is 4.89. The van der Waals surface area contributed by atoms with Crippen molar-refractivity contribution in [2.75, 3.05) is 0 Å². The molecule has 21 heavy (non-hydrogen) atoms. The first-order valence-corrected chi connectivity index (χ1v) is 8.34. The summed E-state index contributed by atoms with van der Waals surface area (Å²) in [7, 11) is 0. The number of nitrogens with one attached hydrogen (secondary N) is 1. The summed E-state index contributed by atoms with van der Waals surface area (Å²) in [6.07, 6.45) is 6.52. The topological polar surface area (TPSA) is 28.7 Å². The lowest BCUT2D eigenvalue weighted by Gasteiger charge is -2.26. The number of H-pyrrole nitrogens is 1. The molecule has 2 aliphatic carbocycles. The Bertz CT molecular complexity index is 739. The SMILES string of the molecule is Cc1c(-c2cccc(C3CCC3)c2)[nH]c(C2CC2)nc1=S. The van der Waals surface area contributed by atoms with E-state index in [1.54, 1.807) is 0 Å². The highest BCUT2D eigenvalue weighted by Crippen LogP contribution is 2.40. The summed E-state index contributed by atoms with van der Waals surface area (Å²) in [6, 6.07) is 8.97. The minimum absolute atomic E-state index is 0.598. The molecule has 2 fully saturated rings. The van der Waals surface area contributed by atoms with Gasteiger partial charge in [0.2, 0.25) is 0 Å². The Morgan fingerprint density at radius 3 is 2.62 bits per heavy atom. The predicted octanol–water partition coefficient (Wildman–Crippen LogP) is 5.26. The van der Waals surface area contributed by atoms with E-state index in [2.05, 4.69) is 41.2 Å². The fourth-order valence-corrected chi connectivity index (χ4v) is 3.28. The van der Waals surface area contributed by atoms with Gasteiger partial charge in [-0.2, -0.15) is 0 Å². The number of aromatic amines is 1. The molecule has 0 bridgehead atoms. The lowest BCUT2D eigenvalue weighted by molar-refractivity contribution is 0.420. The highest BCUT2D eigenvalue weighted by molar-refractivity contribution is 7.71. The van der Waals surface area contributed by atoms with Gasteiger partial charge in [0.1, 0.15) is 10.5 Å². The minimum atomic E-state index is 0.598. The average Bonchev–Trinajstić information content (AvgIpc) is 3.24. The highest BCUT2D eigenvalue weighted by atomic mass is 32.1. The minimum Gasteiger partial charge on any atom is -0.343 e. The van der Waals surface area contributed by atoms with Gasteiger partial charge in [-0.25, -0.2) is 4.98 Å². The van der Waals surface area contributed by atoms with Gasteiger partial charge in [-0.3, -0.25) is 0 Å². The van der Waals surface area contributed by atoms with Crippen LogP contribution in [0.5, 0.6) is 0 Å². The molecule has 1 N–H and O–H groups in total. The van der Waals surface area contributed by atoms with Crippen molar-refractivity contribution >= 4 is 12.2 Å². The molecule has 2 aliphatic rings. The van der Waals surface area contributed by atoms with Gasteiger partial charge in [-0.15, -0.1) is 0 Å². The number of hydrogen-bond acceptors (Lipinski definition) is 2. The third kappa shape index (κ3) is 2.44. The largest absolute Gasteiger partial charge is 0.343 e. The van der Waals surface area contributed by atoms with Crippen LogP contribution < -0.4 is 0 Å². The molecule has 1 aromatic heterocycles. The summed E-state index contributed by atoms with van der Waals surface area (Å²) < 4.78 is 0.750. The number of nitrogens with zero attached hydrogens (tertiary/aromatic N) is 1. The zero-order chi connectivity index (χ0) is 14.4. The van der Waals surface area contributed by atoms with Gasteiger partial charge < -0.3 is 4.98 Å². The van der Waals surface area contributed by atoms with Crippen LogP contribution >= 0.6 is 12.2 Å². The normalized spacial score (nSPS) is 18.5. The molecule has 4 rings (SSSR count). The molecule has 2 aromatic rings. The highest BCUT2D eigenvalue weighted by Gasteiger charge is 2.27. The Balaban J connectivity index is 1.80. The van der Waals surface area contributed by atoms with E-state index >= 15 is 0 Å². The van der Waals surface area contributed by atoms with Gasteiger partial charge in [0.15, 0.2) is 0 Å². The molecular formula is C18H20N2S. The van der Waals surface area contributed by atoms with Gasteiger partial charge in [0, 0.05) is 11.5 Å². The van der Waals surface area contributed by atoms with Crippen LogP contribution in [0.15, 0.2) is 24.3 Å². The van der Waals surface area contributed by atoms with Crippen LogP contribution in [0.3, 0.4) is 0 Å². The van der Waals surface area contributed by atoms with Gasteiger partial charge >= 0.3 is 0 Å². The van der Waals surface area contributed by atoms with E-state index in [9.17, 15) is 0 Å². The van der Waals surface area contributed by atoms with Crippen molar-refractivity contribution in [3.05, 3.63) is 45.9 Å². The Kier molecular flexibility index (Phi) is 3.18. The summed E-state index contributed by atoms with van der Waals surface area (Å²) in [5, 5.41) is 0. The van der Waals surface area contributed by atoms with Gasteiger partial charge in [-0.05, 0) is 55.7 Å². The van der Waals surface area contributed by atoms with Crippen LogP contribution in [0.1, 0.15) is 60.9 Å². The van der Waals surface area contributed by atoms with Crippen molar-refractivity contribution in [2.24, 2.45) is 0 Å². The second-order valence-corrected chi connectivity index (χ2v) is 6.84. The first kappa shape index (κ1) is 13.2. The Labute approximate surface area is 130 Å². The van der Waals surface area contributed by atoms with E-state index in [0.29, 0.717) is 5.92 Å². The summed E-state index contributed by atoms with van der Waals surface area (Å²) in [5.41, 5.74) is 4.99. The predicted molar refractivity (Wildman–Crippen MR) is 88.2 cm³/mol. The molecular weight excluding hydrogens is 276 g/mol. The molecule has 0 amide bonds. The Morgan fingerprint density at radius 2 is 1.95 bits per heavy atom. The molecule has 0 spiro atoms. The fraction of sp³-hybridized carbons (Fsp3) is 0.444. The van der Waals surface area contributed by atoms with Crippen molar-refractivity contribution in [3.8, 4) is 11.3 Å². The van der Waals surface area contributed by atoms with Crippen LogP contribution in [-0.2, 0) is 0 Å². The molecule has 3 heteroatoms. The van der Waals surface area contributed by atoms with Crippen molar-refractivity contribution < 1.29 is 0 Å². The molecule has 0 atom stereocenters. The summed E-state index contributed by atoms with van der Waals surface area (Å²) in [6.45, 7) is 2.08. The molecule has 2 nitrogen and oxygen atoms in total. The number of hydrogen-bond donors (Lipinski definition) is 1. The maximum absolute atomic E-state index is 5.46. The van der Waals surface area contributed by atoms with Crippen molar-refractivity contribution in [3.63, 3.8) is 0 Å². The van der Waals surface area contributed by atoms with Crippen molar-refractivity contribution in [2.45, 2.75) is 50.9 Å². The van der Waals surface area contributed by atoms with E-state index in [1.807, 2.05) is 0 Å². The second kappa shape index (κ2) is 5.06. The maximum atomic E-state index is 5.46. The Hall–Kier alpha value is -1.48. The van der Waals surface area contributed by atoms with Gasteiger partial charge in [-0.1, -0.05) is 36.8 Å². The second-order valence-electron chi connectivity index (χ2n) is 6.45. The number of aromatic nitrogens is 2. The number of benzene rings is 1. The quantitative estimate of drug-likeness (QED) is 0.783. The first-order chi connectivity index (χ1) is 10.2. The van der Waals surface area contributed by atoms with Crippen LogP contribution in [0.25, 0.3) is 11.3 Å². The smallest absolute Gasteiger partial charge is 0.133 e. The first-order valence-electron chi connectivity index (χ1n) is 7.93. The summed E-state index contributed by atoms with van der Waals surface area (Å²) in [4.78, 5) is 8.12. The van der Waals surface area contributed by atoms with E-state index < -0.39 is 0 Å². The van der Waals surface area contributed by atoms with Crippen LogP contribution in [0, 0.1) is 11.6 Å². The van der Waals surface area contributed by atoms with Gasteiger partial charge in [0.05, 0.1) is 5.69 Å². The van der Waals surface area contributed by atoms with Crippen LogP contribution in [-0.4, -0.2) is 9.97 Å². The number of rotatable bonds is 3. The van der Waals surface area contributed by atoms with Crippen LogP contribution in [0.2, 0.25) is 0 Å². The zero-order valence-corrected chi connectivity index (χ0v) is 13.2. The molecule has 1 aromatic carbocycles. The van der Waals surface area contributed by atoms with Crippen molar-refractivity contribution in [1.82, 2.24) is 9.97 Å². The maximum Gasteiger partial charge on any atom is 0.133 e. The van der Waals surface area contributed by atoms with Crippen LogP contribution in [0.4, 0.5) is 0 Å². The molecule has 1 heterocycles. The summed E-state index contributed by atoms with van der Waals surface area (Å²) >= 11 is 5.46. The molecule has 0 unspecified atom stereocenters. The lowest BCUT2D eigenvalue weighted by Crippen LogP contribution is -2.08. The molecule has 2 saturated carbocycles. The van der Waals surface area contributed by atoms with Crippen molar-refractivity contribution in [1.29, 1.82) is 0 Å². The van der Waals surface area contributed by atoms with E-state index in [1.165, 1.54) is 43.2 Å². The zero-order valence-electron chi connectivity index (χ0n) is 12.4. The van der Waals surface area contributed by atoms with Gasteiger partial charge in [0.25, 0.3) is 0 Å². The average molecular weight is 296 g/mol. The molecule has 0 radical (unpaired) electrons. The molecule has 0 aliphatic heterocycles. The monoisotopic (exact) mass is 296 g/mol. The fourth-order valence-electron chi connectivity index (χ4n) is 3.08. The Morgan fingerprint density at radius 1 is 1.14 bits per heavy atom. The standard InChI is InChI=1S/C18H20N2S/c1-11-16(19-17(13-8-9-13)20-18(11)21)15-7-3-6-14(10-15)12-4-2-5-12/h3,6-7,10,12-13H,2,4-5,8-9H2,1H3,(H,19,20,21). The molecule has 0 saturated heterocycles. The summed E-state index contributed by atoms with van der Waals surface area (Å²) in [5.74, 6) is 2.44. The van der Waals surface area contributed by atoms with E-state index in [-0.39, 0.29) is 0 Å². The van der Waals surface area contributed by atoms with E-state index in [0.717, 1.165) is 27.6 Å².